The largest absolute Gasteiger partial charge is 0.293 e. The summed E-state index contributed by atoms with van der Waals surface area (Å²) in [6.07, 6.45) is 0. The van der Waals surface area contributed by atoms with Crippen LogP contribution >= 0.6 is 15.9 Å². The molecule has 0 aliphatic carbocycles. The summed E-state index contributed by atoms with van der Waals surface area (Å²) < 4.78 is 27.9. The van der Waals surface area contributed by atoms with Crippen LogP contribution in [0.4, 0.5) is 5.69 Å². The van der Waals surface area contributed by atoms with Crippen LogP contribution in [-0.4, -0.2) is 20.9 Å². The van der Waals surface area contributed by atoms with E-state index in [1.807, 2.05) is 18.4 Å². The smallest absolute Gasteiger partial charge is 0.264 e. The zero-order valence-electron chi connectivity index (χ0n) is 13.3. The number of nitrogens with zero attached hydrogens (tertiary/aromatic N) is 1. The number of nitrogens with two attached hydrogens (primary N) is 1. The van der Waals surface area contributed by atoms with Gasteiger partial charge in [-0.25, -0.2) is 14.3 Å². The van der Waals surface area contributed by atoms with Crippen molar-refractivity contribution >= 4 is 37.5 Å². The van der Waals surface area contributed by atoms with Gasteiger partial charge in [0.1, 0.15) is 6.54 Å². The van der Waals surface area contributed by atoms with Gasteiger partial charge < -0.3 is 0 Å². The highest BCUT2D eigenvalue weighted by Gasteiger charge is 2.28. The number of carbonyl (C=O) groups excluding carboxylic acids is 1. The maximum absolute atomic E-state index is 13.0. The minimum absolute atomic E-state index is 0.0931. The molecular formula is C16H18BrN3O3S. The van der Waals surface area contributed by atoms with Crippen LogP contribution in [0.1, 0.15) is 11.1 Å². The zero-order valence-corrected chi connectivity index (χ0v) is 15.7. The molecule has 0 fully saturated rings. The van der Waals surface area contributed by atoms with Crippen LogP contribution in [0.25, 0.3) is 0 Å². The second-order valence-electron chi connectivity index (χ2n) is 5.32. The van der Waals surface area contributed by atoms with Crippen LogP contribution in [0.3, 0.4) is 0 Å². The molecule has 0 saturated heterocycles. The Bertz CT molecular complexity index is 851. The van der Waals surface area contributed by atoms with Gasteiger partial charge in [0.05, 0.1) is 10.6 Å². The Kier molecular flexibility index (Phi) is 5.63. The lowest BCUT2D eigenvalue weighted by Crippen LogP contribution is -2.43. The van der Waals surface area contributed by atoms with Gasteiger partial charge in [-0.05, 0) is 49.7 Å². The van der Waals surface area contributed by atoms with Crippen molar-refractivity contribution in [1.82, 2.24) is 5.43 Å². The molecule has 8 heteroatoms. The van der Waals surface area contributed by atoms with Gasteiger partial charge in [0.2, 0.25) is 0 Å². The van der Waals surface area contributed by atoms with Gasteiger partial charge >= 0.3 is 0 Å². The Balaban J connectivity index is 2.57. The van der Waals surface area contributed by atoms with Crippen LogP contribution in [0.15, 0.2) is 51.8 Å². The van der Waals surface area contributed by atoms with Crippen molar-refractivity contribution in [2.45, 2.75) is 18.7 Å². The number of aryl methyl sites for hydroxylation is 2. The first-order valence-corrected chi connectivity index (χ1v) is 9.34. The average Bonchev–Trinajstić information content (AvgIpc) is 2.53. The molecule has 0 heterocycles. The normalized spacial score (nSPS) is 11.2. The summed E-state index contributed by atoms with van der Waals surface area (Å²) in [6, 6.07) is 11.6. The van der Waals surface area contributed by atoms with E-state index in [0.29, 0.717) is 5.69 Å². The summed E-state index contributed by atoms with van der Waals surface area (Å²) in [5.41, 5.74) is 4.16. The standard InChI is InChI=1S/C16H18BrN3O3S/c1-11-3-8-15(12(2)9-11)20(10-16(21)19-18)24(22,23)14-6-4-13(17)5-7-14/h3-9H,10,18H2,1-2H3,(H,19,21). The summed E-state index contributed by atoms with van der Waals surface area (Å²) in [6.45, 7) is 3.31. The van der Waals surface area contributed by atoms with Gasteiger partial charge in [0, 0.05) is 4.47 Å². The molecule has 0 aromatic heterocycles. The predicted octanol–water partition coefficient (Wildman–Crippen LogP) is 2.25. The number of rotatable bonds is 5. The van der Waals surface area contributed by atoms with Crippen molar-refractivity contribution in [3.05, 3.63) is 58.1 Å². The third-order valence-electron chi connectivity index (χ3n) is 3.47. The molecule has 2 aromatic rings. The number of hydrazine groups is 1. The molecule has 0 spiro atoms. The highest BCUT2D eigenvalue weighted by atomic mass is 79.9. The van der Waals surface area contributed by atoms with E-state index in [-0.39, 0.29) is 4.90 Å². The Labute approximate surface area is 149 Å². The van der Waals surface area contributed by atoms with Crippen molar-refractivity contribution in [3.63, 3.8) is 0 Å². The van der Waals surface area contributed by atoms with E-state index in [1.54, 1.807) is 31.2 Å². The van der Waals surface area contributed by atoms with Crippen LogP contribution in [-0.2, 0) is 14.8 Å². The molecule has 2 rings (SSSR count). The number of amides is 1. The number of hydrogen-bond acceptors (Lipinski definition) is 4. The molecule has 0 atom stereocenters. The minimum Gasteiger partial charge on any atom is -0.293 e. The van der Waals surface area contributed by atoms with Crippen LogP contribution < -0.4 is 15.6 Å². The van der Waals surface area contributed by atoms with Gasteiger partial charge in [-0.3, -0.25) is 14.5 Å². The zero-order chi connectivity index (χ0) is 17.9. The number of benzene rings is 2. The molecule has 0 unspecified atom stereocenters. The first kappa shape index (κ1) is 18.4. The molecular weight excluding hydrogens is 394 g/mol. The average molecular weight is 412 g/mol. The molecule has 0 saturated carbocycles. The third kappa shape index (κ3) is 3.95. The number of anilines is 1. The van der Waals surface area contributed by atoms with Gasteiger partial charge in [-0.15, -0.1) is 0 Å². The van der Waals surface area contributed by atoms with Gasteiger partial charge in [-0.2, -0.15) is 0 Å². The Hall–Kier alpha value is -1.90. The Morgan fingerprint density at radius 2 is 1.79 bits per heavy atom. The summed E-state index contributed by atoms with van der Waals surface area (Å²) in [5.74, 6) is 4.53. The van der Waals surface area contributed by atoms with Gasteiger partial charge in [0.15, 0.2) is 0 Å². The fraction of sp³-hybridized carbons (Fsp3) is 0.188. The lowest BCUT2D eigenvalue weighted by molar-refractivity contribution is -0.119. The second kappa shape index (κ2) is 7.33. The van der Waals surface area contributed by atoms with Gasteiger partial charge in [0.25, 0.3) is 15.9 Å². The van der Waals surface area contributed by atoms with Crippen molar-refractivity contribution < 1.29 is 13.2 Å². The van der Waals surface area contributed by atoms with E-state index < -0.39 is 22.5 Å². The minimum atomic E-state index is -3.92. The SMILES string of the molecule is Cc1ccc(N(CC(=O)NN)S(=O)(=O)c2ccc(Br)cc2)c(C)c1. The molecule has 0 aliphatic rings. The van der Waals surface area contributed by atoms with E-state index in [1.165, 1.54) is 12.1 Å². The Morgan fingerprint density at radius 3 is 2.33 bits per heavy atom. The van der Waals surface area contributed by atoms with E-state index in [9.17, 15) is 13.2 Å². The summed E-state index contributed by atoms with van der Waals surface area (Å²) in [4.78, 5) is 11.8. The molecule has 1 amide bonds. The lowest BCUT2D eigenvalue weighted by Gasteiger charge is -2.25. The fourth-order valence-corrected chi connectivity index (χ4v) is 4.04. The highest BCUT2D eigenvalue weighted by Crippen LogP contribution is 2.28. The second-order valence-corrected chi connectivity index (χ2v) is 8.10. The third-order valence-corrected chi connectivity index (χ3v) is 5.77. The monoisotopic (exact) mass is 411 g/mol. The predicted molar refractivity (Wildman–Crippen MR) is 96.9 cm³/mol. The summed E-state index contributed by atoms with van der Waals surface area (Å²) in [7, 11) is -3.92. The van der Waals surface area contributed by atoms with Crippen molar-refractivity contribution in [2.24, 2.45) is 5.84 Å². The van der Waals surface area contributed by atoms with Crippen LogP contribution in [0.2, 0.25) is 0 Å². The molecule has 24 heavy (non-hydrogen) atoms. The molecule has 3 N–H and O–H groups in total. The van der Waals surface area contributed by atoms with E-state index >= 15 is 0 Å². The molecule has 128 valence electrons. The maximum atomic E-state index is 13.0. The van der Waals surface area contributed by atoms with E-state index in [4.69, 9.17) is 5.84 Å². The number of carbonyl (C=O) groups is 1. The first-order valence-electron chi connectivity index (χ1n) is 7.10. The number of halogens is 1. The maximum Gasteiger partial charge on any atom is 0.264 e. The molecule has 0 aliphatic heterocycles. The van der Waals surface area contributed by atoms with Crippen molar-refractivity contribution in [2.75, 3.05) is 10.8 Å². The van der Waals surface area contributed by atoms with Crippen LogP contribution in [0, 0.1) is 13.8 Å². The number of sulfonamides is 1. The number of nitrogens with one attached hydrogen (secondary N) is 1. The summed E-state index contributed by atoms with van der Waals surface area (Å²) >= 11 is 3.28. The summed E-state index contributed by atoms with van der Waals surface area (Å²) in [5, 5.41) is 0. The van der Waals surface area contributed by atoms with E-state index in [2.05, 4.69) is 15.9 Å². The van der Waals surface area contributed by atoms with Crippen molar-refractivity contribution in [1.29, 1.82) is 0 Å². The topological polar surface area (TPSA) is 92.5 Å². The highest BCUT2D eigenvalue weighted by molar-refractivity contribution is 9.10. The molecule has 0 bridgehead atoms. The first-order chi connectivity index (χ1) is 11.3. The molecule has 0 radical (unpaired) electrons. The van der Waals surface area contributed by atoms with Crippen molar-refractivity contribution in [3.8, 4) is 0 Å². The quantitative estimate of drug-likeness (QED) is 0.448. The van der Waals surface area contributed by atoms with Crippen LogP contribution in [0.5, 0.6) is 0 Å². The number of hydrogen-bond donors (Lipinski definition) is 2. The van der Waals surface area contributed by atoms with E-state index in [0.717, 1.165) is 19.9 Å². The van der Waals surface area contributed by atoms with Gasteiger partial charge in [-0.1, -0.05) is 33.6 Å². The molecule has 6 nitrogen and oxygen atoms in total. The Morgan fingerprint density at radius 1 is 1.17 bits per heavy atom. The fourth-order valence-electron chi connectivity index (χ4n) is 2.29. The molecule has 2 aromatic carbocycles. The lowest BCUT2D eigenvalue weighted by atomic mass is 10.1.